The fourth-order valence-electron chi connectivity index (χ4n) is 4.81. The fraction of sp³-hybridized carbons (Fsp3) is 0.750. The first-order valence-corrected chi connectivity index (χ1v) is 9.91. The van der Waals surface area contributed by atoms with Crippen LogP contribution in [0.25, 0.3) is 0 Å². The number of hydrogen-bond acceptors (Lipinski definition) is 3. The summed E-state index contributed by atoms with van der Waals surface area (Å²) >= 11 is 0. The number of hydrogen-bond donors (Lipinski definition) is 1. The van der Waals surface area contributed by atoms with Gasteiger partial charge >= 0.3 is 0 Å². The normalized spacial score (nSPS) is 32.0. The van der Waals surface area contributed by atoms with Crippen molar-refractivity contribution in [3.05, 3.63) is 18.2 Å². The summed E-state index contributed by atoms with van der Waals surface area (Å²) in [5.41, 5.74) is 0.790. The third-order valence-electron chi connectivity index (χ3n) is 6.64. The van der Waals surface area contributed by atoms with Gasteiger partial charge in [0.1, 0.15) is 5.69 Å². The number of rotatable bonds is 4. The highest BCUT2D eigenvalue weighted by atomic mass is 16.2. The maximum atomic E-state index is 13.2. The minimum atomic E-state index is 0.0524. The van der Waals surface area contributed by atoms with Gasteiger partial charge in [-0.1, -0.05) is 13.8 Å². The van der Waals surface area contributed by atoms with Gasteiger partial charge in [-0.2, -0.15) is 0 Å². The van der Waals surface area contributed by atoms with E-state index in [4.69, 9.17) is 0 Å². The van der Waals surface area contributed by atoms with Gasteiger partial charge in [0.2, 0.25) is 5.91 Å². The summed E-state index contributed by atoms with van der Waals surface area (Å²) in [5.74, 6) is 0.843. The lowest BCUT2D eigenvalue weighted by Gasteiger charge is -2.50. The van der Waals surface area contributed by atoms with E-state index in [1.807, 2.05) is 9.47 Å². The molecule has 2 saturated heterocycles. The lowest BCUT2D eigenvalue weighted by molar-refractivity contribution is -0.125. The molecule has 6 nitrogen and oxygen atoms in total. The molecule has 2 aliphatic carbocycles. The Hall–Kier alpha value is -1.85. The van der Waals surface area contributed by atoms with E-state index in [0.29, 0.717) is 11.6 Å². The summed E-state index contributed by atoms with van der Waals surface area (Å²) in [6, 6.07) is 0.394. The van der Waals surface area contributed by atoms with Crippen LogP contribution < -0.4 is 5.32 Å². The molecule has 2 aliphatic heterocycles. The average Bonchev–Trinajstić information content (AvgIpc) is 3.03. The molecule has 3 heterocycles. The van der Waals surface area contributed by atoms with Crippen molar-refractivity contribution >= 4 is 11.8 Å². The minimum Gasteiger partial charge on any atom is -0.351 e. The van der Waals surface area contributed by atoms with E-state index in [1.165, 1.54) is 0 Å². The van der Waals surface area contributed by atoms with E-state index in [9.17, 15) is 9.59 Å². The van der Waals surface area contributed by atoms with E-state index in [0.717, 1.165) is 32.2 Å². The Morgan fingerprint density at radius 1 is 1.31 bits per heavy atom. The predicted molar refractivity (Wildman–Crippen MR) is 98.6 cm³/mol. The molecular weight excluding hydrogens is 328 g/mol. The number of piperidine rings is 2. The molecule has 4 aliphatic rings. The van der Waals surface area contributed by atoms with Crippen LogP contribution >= 0.6 is 0 Å². The zero-order valence-corrected chi connectivity index (χ0v) is 16.2. The van der Waals surface area contributed by atoms with Crippen LogP contribution in [0.15, 0.2) is 12.5 Å². The number of nitrogens with zero attached hydrogens (tertiary/aromatic N) is 3. The van der Waals surface area contributed by atoms with Gasteiger partial charge in [-0.25, -0.2) is 4.98 Å². The van der Waals surface area contributed by atoms with Crippen molar-refractivity contribution in [2.75, 3.05) is 6.54 Å². The van der Waals surface area contributed by atoms with Crippen LogP contribution in [0.4, 0.5) is 0 Å². The van der Waals surface area contributed by atoms with E-state index in [1.54, 1.807) is 12.5 Å². The fourth-order valence-corrected chi connectivity index (χ4v) is 4.81. The van der Waals surface area contributed by atoms with Crippen LogP contribution in [0, 0.1) is 17.3 Å². The highest BCUT2D eigenvalue weighted by Crippen LogP contribution is 2.51. The number of amides is 2. The van der Waals surface area contributed by atoms with Crippen LogP contribution in [0.3, 0.4) is 0 Å². The van der Waals surface area contributed by atoms with Crippen LogP contribution in [0.5, 0.6) is 0 Å². The van der Waals surface area contributed by atoms with E-state index < -0.39 is 0 Å². The van der Waals surface area contributed by atoms with Crippen molar-refractivity contribution in [1.82, 2.24) is 19.8 Å². The lowest BCUT2D eigenvalue weighted by atomic mass is 9.76. The highest BCUT2D eigenvalue weighted by molar-refractivity contribution is 5.93. The minimum absolute atomic E-state index is 0.0524. The topological polar surface area (TPSA) is 67.2 Å². The second-order valence-corrected chi connectivity index (χ2v) is 9.34. The van der Waals surface area contributed by atoms with E-state index >= 15 is 0 Å². The number of nitrogens with one attached hydrogen (secondary N) is 1. The van der Waals surface area contributed by atoms with Crippen molar-refractivity contribution in [2.45, 2.75) is 71.5 Å². The number of imidazole rings is 1. The van der Waals surface area contributed by atoms with Crippen LogP contribution in [-0.4, -0.2) is 44.9 Å². The zero-order chi connectivity index (χ0) is 18.6. The van der Waals surface area contributed by atoms with Crippen molar-refractivity contribution in [3.8, 4) is 0 Å². The molecule has 2 bridgehead atoms. The summed E-state index contributed by atoms with van der Waals surface area (Å²) in [6.45, 7) is 9.21. The maximum absolute atomic E-state index is 13.2. The molecule has 0 radical (unpaired) electrons. The third-order valence-corrected chi connectivity index (χ3v) is 6.64. The van der Waals surface area contributed by atoms with Crippen molar-refractivity contribution in [3.63, 3.8) is 0 Å². The molecule has 1 aromatic rings. The SMILES string of the molecule is CC(C)n1cncc1C(=O)N1CC2CCC1C(NC(=O)[C@H]1CC1(C)C)C2. The van der Waals surface area contributed by atoms with Crippen molar-refractivity contribution in [1.29, 1.82) is 0 Å². The second-order valence-electron chi connectivity index (χ2n) is 9.34. The molecule has 4 fully saturated rings. The average molecular weight is 358 g/mol. The zero-order valence-electron chi connectivity index (χ0n) is 16.2. The van der Waals surface area contributed by atoms with Gasteiger partial charge in [-0.15, -0.1) is 0 Å². The molecule has 142 valence electrons. The monoisotopic (exact) mass is 358 g/mol. The third kappa shape index (κ3) is 2.93. The van der Waals surface area contributed by atoms with Crippen molar-refractivity contribution < 1.29 is 9.59 Å². The van der Waals surface area contributed by atoms with E-state index in [2.05, 4.69) is 38.0 Å². The quantitative estimate of drug-likeness (QED) is 0.900. The van der Waals surface area contributed by atoms with Gasteiger partial charge in [-0.3, -0.25) is 9.59 Å². The Labute approximate surface area is 155 Å². The first-order chi connectivity index (χ1) is 12.3. The molecule has 6 heteroatoms. The molecule has 26 heavy (non-hydrogen) atoms. The molecule has 0 aromatic carbocycles. The number of aromatic nitrogens is 2. The second kappa shape index (κ2) is 6.10. The maximum Gasteiger partial charge on any atom is 0.272 e. The van der Waals surface area contributed by atoms with Crippen LogP contribution in [0.2, 0.25) is 0 Å². The van der Waals surface area contributed by atoms with Crippen molar-refractivity contribution in [2.24, 2.45) is 17.3 Å². The number of carbonyl (C=O) groups excluding carboxylic acids is 2. The Bertz CT molecular complexity index is 723. The summed E-state index contributed by atoms with van der Waals surface area (Å²) < 4.78 is 1.94. The van der Waals surface area contributed by atoms with E-state index in [-0.39, 0.29) is 41.3 Å². The number of fused-ring (bicyclic) bond motifs is 3. The molecular formula is C20H30N4O2. The van der Waals surface area contributed by atoms with Gasteiger partial charge in [0, 0.05) is 24.5 Å². The molecule has 1 N–H and O–H groups in total. The molecule has 4 atom stereocenters. The Kier molecular flexibility index (Phi) is 4.12. The molecule has 5 rings (SSSR count). The molecule has 2 saturated carbocycles. The largest absolute Gasteiger partial charge is 0.351 e. The molecule has 3 unspecified atom stereocenters. The molecule has 1 aromatic heterocycles. The molecule has 0 spiro atoms. The van der Waals surface area contributed by atoms with Gasteiger partial charge in [0.15, 0.2) is 0 Å². The van der Waals surface area contributed by atoms with Gasteiger partial charge in [0.05, 0.1) is 18.6 Å². The summed E-state index contributed by atoms with van der Waals surface area (Å²) in [5, 5.41) is 3.28. The smallest absolute Gasteiger partial charge is 0.272 e. The first kappa shape index (κ1) is 17.6. The van der Waals surface area contributed by atoms with Gasteiger partial charge in [-0.05, 0) is 50.9 Å². The summed E-state index contributed by atoms with van der Waals surface area (Å²) in [4.78, 5) is 32.0. The number of carbonyl (C=O) groups is 2. The predicted octanol–water partition coefficient (Wildman–Crippen LogP) is 2.62. The lowest BCUT2D eigenvalue weighted by Crippen LogP contribution is -2.62. The Balaban J connectivity index is 1.50. The highest BCUT2D eigenvalue weighted by Gasteiger charge is 2.52. The Morgan fingerprint density at radius 3 is 2.65 bits per heavy atom. The van der Waals surface area contributed by atoms with Gasteiger partial charge < -0.3 is 14.8 Å². The summed E-state index contributed by atoms with van der Waals surface area (Å²) in [6.07, 6.45) is 7.50. The van der Waals surface area contributed by atoms with Crippen LogP contribution in [0.1, 0.15) is 69.9 Å². The Morgan fingerprint density at radius 2 is 2.04 bits per heavy atom. The van der Waals surface area contributed by atoms with Crippen LogP contribution in [-0.2, 0) is 4.79 Å². The molecule has 2 amide bonds. The summed E-state index contributed by atoms with van der Waals surface area (Å²) in [7, 11) is 0. The van der Waals surface area contributed by atoms with Gasteiger partial charge in [0.25, 0.3) is 5.91 Å². The first-order valence-electron chi connectivity index (χ1n) is 9.91. The standard InChI is InChI=1S/C20H30N4O2/c1-12(2)24-11-21-9-17(24)19(26)23-10-13-5-6-16(23)15(7-13)22-18(25)14-8-20(14,3)4/h9,11-16H,5-8,10H2,1-4H3,(H,22,25)/t13?,14-,15?,16?/m1/s1.